The Morgan fingerprint density at radius 3 is 2.60 bits per heavy atom. The zero-order chi connectivity index (χ0) is 14.2. The SMILES string of the molecule is CC(C)(C)c1cc(C2NCC3(CCCCC3)CS2)on1. The van der Waals surface area contributed by atoms with Gasteiger partial charge in [-0.25, -0.2) is 0 Å². The summed E-state index contributed by atoms with van der Waals surface area (Å²) in [5.41, 5.74) is 1.66. The van der Waals surface area contributed by atoms with Gasteiger partial charge in [0.1, 0.15) is 5.37 Å². The zero-order valence-corrected chi connectivity index (χ0v) is 13.7. The largest absolute Gasteiger partial charge is 0.358 e. The molecule has 1 aromatic heterocycles. The molecule has 3 nitrogen and oxygen atoms in total. The van der Waals surface area contributed by atoms with Gasteiger partial charge in [0.05, 0.1) is 5.69 Å². The standard InChI is InChI=1S/C16H26N2OS/c1-15(2,3)13-9-12(19-18-13)14-17-10-16(11-20-14)7-5-4-6-8-16/h9,14,17H,4-8,10-11H2,1-3H3. The van der Waals surface area contributed by atoms with Crippen LogP contribution < -0.4 is 5.32 Å². The molecule has 1 atom stereocenters. The Morgan fingerprint density at radius 1 is 1.30 bits per heavy atom. The molecule has 1 aliphatic carbocycles. The second kappa shape index (κ2) is 5.38. The number of nitrogens with one attached hydrogen (secondary N) is 1. The maximum Gasteiger partial charge on any atom is 0.164 e. The molecular weight excluding hydrogens is 268 g/mol. The quantitative estimate of drug-likeness (QED) is 0.840. The van der Waals surface area contributed by atoms with E-state index in [2.05, 4.69) is 37.3 Å². The molecule has 1 aromatic rings. The number of rotatable bonds is 1. The molecule has 1 saturated carbocycles. The molecule has 2 fully saturated rings. The predicted octanol–water partition coefficient (Wildman–Crippen LogP) is 4.26. The summed E-state index contributed by atoms with van der Waals surface area (Å²) in [7, 11) is 0. The van der Waals surface area contributed by atoms with Gasteiger partial charge in [-0.2, -0.15) is 0 Å². The molecular formula is C16H26N2OS. The Balaban J connectivity index is 1.64. The molecule has 0 aromatic carbocycles. The van der Waals surface area contributed by atoms with E-state index >= 15 is 0 Å². The summed E-state index contributed by atoms with van der Waals surface area (Å²) in [6.45, 7) is 7.66. The number of thioether (sulfide) groups is 1. The molecule has 1 aliphatic heterocycles. The van der Waals surface area contributed by atoms with Gasteiger partial charge >= 0.3 is 0 Å². The van der Waals surface area contributed by atoms with Gasteiger partial charge in [-0.15, -0.1) is 11.8 Å². The molecule has 4 heteroatoms. The molecule has 1 spiro atoms. The highest BCUT2D eigenvalue weighted by atomic mass is 32.2. The lowest BCUT2D eigenvalue weighted by molar-refractivity contribution is 0.201. The number of hydrogen-bond acceptors (Lipinski definition) is 4. The van der Waals surface area contributed by atoms with Gasteiger partial charge < -0.3 is 4.52 Å². The molecule has 0 radical (unpaired) electrons. The molecule has 3 rings (SSSR count). The Labute approximate surface area is 126 Å². The molecule has 1 N–H and O–H groups in total. The minimum Gasteiger partial charge on any atom is -0.358 e. The normalized spacial score (nSPS) is 26.9. The van der Waals surface area contributed by atoms with E-state index in [-0.39, 0.29) is 10.8 Å². The van der Waals surface area contributed by atoms with Crippen molar-refractivity contribution in [3.63, 3.8) is 0 Å². The van der Waals surface area contributed by atoms with Crippen molar-refractivity contribution in [3.05, 3.63) is 17.5 Å². The third-order valence-electron chi connectivity index (χ3n) is 4.69. The predicted molar refractivity (Wildman–Crippen MR) is 83.9 cm³/mol. The first kappa shape index (κ1) is 14.5. The van der Waals surface area contributed by atoms with Crippen LogP contribution in [-0.4, -0.2) is 17.5 Å². The highest BCUT2D eigenvalue weighted by Crippen LogP contribution is 2.45. The zero-order valence-electron chi connectivity index (χ0n) is 12.9. The lowest BCUT2D eigenvalue weighted by Gasteiger charge is -2.42. The Hall–Kier alpha value is -0.480. The third-order valence-corrected chi connectivity index (χ3v) is 6.20. The molecule has 112 valence electrons. The maximum absolute atomic E-state index is 5.57. The minimum atomic E-state index is 0.0612. The van der Waals surface area contributed by atoms with Gasteiger partial charge in [0, 0.05) is 23.8 Å². The number of aromatic nitrogens is 1. The van der Waals surface area contributed by atoms with Crippen LogP contribution in [0.15, 0.2) is 10.6 Å². The first-order valence-electron chi connectivity index (χ1n) is 7.81. The first-order chi connectivity index (χ1) is 9.49. The fourth-order valence-corrected chi connectivity index (χ4v) is 4.64. The lowest BCUT2D eigenvalue weighted by atomic mass is 9.75. The van der Waals surface area contributed by atoms with Crippen molar-refractivity contribution >= 4 is 11.8 Å². The molecule has 0 amide bonds. The van der Waals surface area contributed by atoms with Gasteiger partial charge in [-0.05, 0) is 18.3 Å². The van der Waals surface area contributed by atoms with Gasteiger partial charge in [-0.1, -0.05) is 45.2 Å². The minimum absolute atomic E-state index is 0.0612. The molecule has 2 aliphatic rings. The number of nitrogens with zero attached hydrogens (tertiary/aromatic N) is 1. The summed E-state index contributed by atoms with van der Waals surface area (Å²) in [6.07, 6.45) is 7.02. The highest BCUT2D eigenvalue weighted by Gasteiger charge is 2.38. The van der Waals surface area contributed by atoms with Crippen LogP contribution in [0.3, 0.4) is 0 Å². The van der Waals surface area contributed by atoms with Gasteiger partial charge in [0.25, 0.3) is 0 Å². The van der Waals surface area contributed by atoms with Crippen molar-refractivity contribution in [3.8, 4) is 0 Å². The second-order valence-electron chi connectivity index (χ2n) is 7.50. The van der Waals surface area contributed by atoms with E-state index in [4.69, 9.17) is 4.52 Å². The highest BCUT2D eigenvalue weighted by molar-refractivity contribution is 7.99. The summed E-state index contributed by atoms with van der Waals surface area (Å²) < 4.78 is 5.57. The molecule has 1 unspecified atom stereocenters. The summed E-state index contributed by atoms with van der Waals surface area (Å²) in [4.78, 5) is 0. The van der Waals surface area contributed by atoms with Crippen LogP contribution in [0, 0.1) is 5.41 Å². The Kier molecular flexibility index (Phi) is 3.89. The van der Waals surface area contributed by atoms with E-state index in [9.17, 15) is 0 Å². The average molecular weight is 294 g/mol. The molecule has 0 bridgehead atoms. The van der Waals surface area contributed by atoms with Crippen molar-refractivity contribution in [2.24, 2.45) is 5.41 Å². The van der Waals surface area contributed by atoms with Crippen LogP contribution in [0.2, 0.25) is 0 Å². The summed E-state index contributed by atoms with van der Waals surface area (Å²) in [5.74, 6) is 2.25. The maximum atomic E-state index is 5.57. The van der Waals surface area contributed by atoms with Crippen LogP contribution >= 0.6 is 11.8 Å². The summed E-state index contributed by atoms with van der Waals surface area (Å²) in [6, 6.07) is 2.13. The van der Waals surface area contributed by atoms with Crippen molar-refractivity contribution in [2.75, 3.05) is 12.3 Å². The number of hydrogen-bond donors (Lipinski definition) is 1. The smallest absolute Gasteiger partial charge is 0.164 e. The fraction of sp³-hybridized carbons (Fsp3) is 0.812. The van der Waals surface area contributed by atoms with Gasteiger partial charge in [0.2, 0.25) is 0 Å². The van der Waals surface area contributed by atoms with Crippen molar-refractivity contribution in [1.29, 1.82) is 0 Å². The first-order valence-corrected chi connectivity index (χ1v) is 8.86. The monoisotopic (exact) mass is 294 g/mol. The van der Waals surface area contributed by atoms with Crippen molar-refractivity contribution in [1.82, 2.24) is 10.5 Å². The molecule has 20 heavy (non-hydrogen) atoms. The third kappa shape index (κ3) is 2.91. The molecule has 1 saturated heterocycles. The van der Waals surface area contributed by atoms with Gasteiger partial charge in [0.15, 0.2) is 5.76 Å². The van der Waals surface area contributed by atoms with Crippen LogP contribution in [0.1, 0.15) is 69.7 Å². The second-order valence-corrected chi connectivity index (χ2v) is 8.59. The van der Waals surface area contributed by atoms with E-state index in [1.54, 1.807) is 0 Å². The van der Waals surface area contributed by atoms with Crippen LogP contribution in [0.4, 0.5) is 0 Å². The van der Waals surface area contributed by atoms with E-state index in [0.717, 1.165) is 18.0 Å². The van der Waals surface area contributed by atoms with E-state index in [1.807, 2.05) is 11.8 Å². The van der Waals surface area contributed by atoms with E-state index in [1.165, 1.54) is 37.9 Å². The lowest BCUT2D eigenvalue weighted by Crippen LogP contribution is -2.43. The average Bonchev–Trinajstić information content (AvgIpc) is 2.90. The van der Waals surface area contributed by atoms with E-state index < -0.39 is 0 Å². The Morgan fingerprint density at radius 2 is 2.05 bits per heavy atom. The summed E-state index contributed by atoms with van der Waals surface area (Å²) >= 11 is 2.00. The van der Waals surface area contributed by atoms with Crippen molar-refractivity contribution in [2.45, 2.75) is 63.7 Å². The van der Waals surface area contributed by atoms with E-state index in [0.29, 0.717) is 5.41 Å². The van der Waals surface area contributed by atoms with Crippen LogP contribution in [0.5, 0.6) is 0 Å². The molecule has 2 heterocycles. The van der Waals surface area contributed by atoms with Gasteiger partial charge in [-0.3, -0.25) is 5.32 Å². The van der Waals surface area contributed by atoms with Crippen LogP contribution in [-0.2, 0) is 5.41 Å². The van der Waals surface area contributed by atoms with Crippen LogP contribution in [0.25, 0.3) is 0 Å². The summed E-state index contributed by atoms with van der Waals surface area (Å²) in [5, 5.41) is 8.21. The fourth-order valence-electron chi connectivity index (χ4n) is 3.25. The Bertz CT molecular complexity index is 447. The van der Waals surface area contributed by atoms with Crippen molar-refractivity contribution < 1.29 is 4.52 Å². The topological polar surface area (TPSA) is 38.1 Å².